The Morgan fingerprint density at radius 1 is 1.06 bits per heavy atom. The van der Waals surface area contributed by atoms with E-state index in [2.05, 4.69) is 20.4 Å². The van der Waals surface area contributed by atoms with Crippen LogP contribution in [0.2, 0.25) is 5.02 Å². The Kier molecular flexibility index (Phi) is 8.53. The van der Waals surface area contributed by atoms with Crippen LogP contribution in [0, 0.1) is 6.92 Å². The van der Waals surface area contributed by atoms with E-state index in [0.717, 1.165) is 18.2 Å². The molecule has 0 aliphatic carbocycles. The van der Waals surface area contributed by atoms with E-state index >= 15 is 0 Å². The molecule has 2 atom stereocenters. The van der Waals surface area contributed by atoms with Crippen molar-refractivity contribution in [3.8, 4) is 5.75 Å². The average Bonchev–Trinajstić information content (AvgIpc) is 3.69. The first-order valence-electron chi connectivity index (χ1n) is 15.9. The van der Waals surface area contributed by atoms with E-state index in [1.807, 2.05) is 16.7 Å². The fourth-order valence-corrected chi connectivity index (χ4v) is 6.91. The normalized spacial score (nSPS) is 19.6. The Hall–Kier alpha value is -4.97. The Balaban J connectivity index is 1.25. The molecule has 19 heteroatoms. The first-order valence-corrected chi connectivity index (χ1v) is 16.3. The molecule has 0 bridgehead atoms. The number of carbonyl (C=O) groups is 2. The van der Waals surface area contributed by atoms with E-state index in [9.17, 15) is 32.7 Å². The molecule has 0 unspecified atom stereocenters. The Morgan fingerprint density at radius 3 is 2.46 bits per heavy atom. The third-order valence-electron chi connectivity index (χ3n) is 9.29. The molecule has 3 aromatic heterocycles. The topological polar surface area (TPSA) is 163 Å². The molecule has 0 spiro atoms. The number of aromatic hydroxyl groups is 1. The Morgan fingerprint density at radius 2 is 1.78 bits per heavy atom. The predicted molar refractivity (Wildman–Crippen MR) is 174 cm³/mol. The number of hydrogen-bond acceptors (Lipinski definition) is 11. The number of nitrogens with one attached hydrogen (secondary N) is 1. The van der Waals surface area contributed by atoms with Crippen LogP contribution in [0.5, 0.6) is 5.75 Å². The van der Waals surface area contributed by atoms with Gasteiger partial charge in [0.1, 0.15) is 18.1 Å². The van der Waals surface area contributed by atoms with Crippen molar-refractivity contribution in [3.63, 3.8) is 0 Å². The summed E-state index contributed by atoms with van der Waals surface area (Å²) in [4.78, 5) is 59.3. The molecule has 3 aliphatic rings. The lowest BCUT2D eigenvalue weighted by atomic mass is 10.0. The second kappa shape index (κ2) is 12.7. The van der Waals surface area contributed by atoms with E-state index < -0.39 is 35.2 Å². The maximum atomic E-state index is 14.3. The molecular weight excluding hydrogens is 685 g/mol. The van der Waals surface area contributed by atoms with E-state index in [-0.39, 0.29) is 78.1 Å². The third kappa shape index (κ3) is 5.85. The van der Waals surface area contributed by atoms with Crippen LogP contribution in [0.4, 0.5) is 30.5 Å². The number of anilines is 3. The number of piperazine rings is 1. The summed E-state index contributed by atoms with van der Waals surface area (Å²) in [6.45, 7) is 6.24. The maximum absolute atomic E-state index is 14.3. The molecule has 0 radical (unpaired) electrons. The lowest BCUT2D eigenvalue weighted by Gasteiger charge is -2.36. The van der Waals surface area contributed by atoms with Crippen LogP contribution in [0.15, 0.2) is 29.3 Å². The van der Waals surface area contributed by atoms with Crippen LogP contribution >= 0.6 is 11.6 Å². The average molecular weight is 717 g/mol. The quantitative estimate of drug-likeness (QED) is 0.312. The fourth-order valence-electron chi connectivity index (χ4n) is 6.68. The molecule has 3 aliphatic heterocycles. The van der Waals surface area contributed by atoms with Gasteiger partial charge in [-0.2, -0.15) is 22.7 Å². The molecule has 264 valence electrons. The lowest BCUT2D eigenvalue weighted by molar-refractivity contribution is -0.137. The molecule has 0 saturated carbocycles. The zero-order chi connectivity index (χ0) is 35.5. The monoisotopic (exact) mass is 716 g/mol. The van der Waals surface area contributed by atoms with Gasteiger partial charge in [-0.25, -0.2) is 9.97 Å². The van der Waals surface area contributed by atoms with E-state index in [1.165, 1.54) is 15.7 Å². The van der Waals surface area contributed by atoms with Crippen molar-refractivity contribution in [2.24, 2.45) is 0 Å². The second-order valence-corrected chi connectivity index (χ2v) is 12.8. The second-order valence-electron chi connectivity index (χ2n) is 12.4. The number of rotatable bonds is 5. The lowest BCUT2D eigenvalue weighted by Crippen LogP contribution is -2.51. The number of halogens is 4. The summed E-state index contributed by atoms with van der Waals surface area (Å²) < 4.78 is 48.1. The number of aryl methyl sites for hydroxylation is 1. The van der Waals surface area contributed by atoms with Gasteiger partial charge in [-0.1, -0.05) is 18.5 Å². The van der Waals surface area contributed by atoms with Gasteiger partial charge in [-0.3, -0.25) is 19.0 Å². The summed E-state index contributed by atoms with van der Waals surface area (Å²) in [6.07, 6.45) is -3.15. The summed E-state index contributed by atoms with van der Waals surface area (Å²) in [5, 5.41) is 17.3. The number of aromatic nitrogens is 6. The van der Waals surface area contributed by atoms with Gasteiger partial charge in [0.2, 0.25) is 17.6 Å². The van der Waals surface area contributed by atoms with Crippen molar-refractivity contribution >= 4 is 46.5 Å². The minimum atomic E-state index is -4.61. The first-order chi connectivity index (χ1) is 23.8. The number of hydrogen-bond donors (Lipinski definition) is 2. The summed E-state index contributed by atoms with van der Waals surface area (Å²) in [7, 11) is 0. The van der Waals surface area contributed by atoms with Gasteiger partial charge in [-0.15, -0.1) is 5.10 Å². The number of fused-ring (bicyclic) bond motifs is 3. The number of ether oxygens (including phenoxy) is 1. The molecule has 7 rings (SSSR count). The van der Waals surface area contributed by atoms with Gasteiger partial charge in [0.15, 0.2) is 11.4 Å². The number of nitrogens with zero attached hydrogens (tertiary/aromatic N) is 9. The van der Waals surface area contributed by atoms with E-state index in [4.69, 9.17) is 21.3 Å². The zero-order valence-corrected chi connectivity index (χ0v) is 27.7. The Labute approximate surface area is 287 Å². The van der Waals surface area contributed by atoms with E-state index in [0.29, 0.717) is 37.7 Å². The third-order valence-corrected chi connectivity index (χ3v) is 9.60. The van der Waals surface area contributed by atoms with Crippen molar-refractivity contribution in [2.45, 2.75) is 38.4 Å². The van der Waals surface area contributed by atoms with Gasteiger partial charge in [0.05, 0.1) is 40.9 Å². The molecule has 4 aromatic rings. The number of alkyl halides is 3. The summed E-state index contributed by atoms with van der Waals surface area (Å²) in [5.74, 6) is -1.22. The van der Waals surface area contributed by atoms with Crippen LogP contribution in [0.25, 0.3) is 5.78 Å². The Bertz CT molecular complexity index is 2060. The van der Waals surface area contributed by atoms with Gasteiger partial charge >= 0.3 is 6.18 Å². The standard InChI is InChI=1S/C31H32ClF3N10O5/c1-16-13-21(26(47)38-20-4-3-18(14-19(20)32)31(33,34)35)44-23(16)24(28(49)45-30(44)39-29(40-45)43-9-11-50-12-10-43)41-5-7-42(8-6-41)27(48)22-25(46)17(2)36-15-37-22/h3-4,14-16,21,46H,5-13H2,1-2H3,(H,38,47)/t16-,21+/m1/s1. The molecule has 50 heavy (non-hydrogen) atoms. The summed E-state index contributed by atoms with van der Waals surface area (Å²) in [6, 6.07) is 1.77. The first kappa shape index (κ1) is 33.5. The minimum absolute atomic E-state index is 0.00392. The largest absolute Gasteiger partial charge is 0.504 e. The molecule has 6 heterocycles. The molecule has 2 fully saturated rings. The molecule has 15 nitrogen and oxygen atoms in total. The highest BCUT2D eigenvalue weighted by molar-refractivity contribution is 6.33. The number of carbonyl (C=O) groups excluding carboxylic acids is 2. The van der Waals surface area contributed by atoms with Crippen molar-refractivity contribution < 1.29 is 32.6 Å². The van der Waals surface area contributed by atoms with Gasteiger partial charge in [-0.05, 0) is 31.5 Å². The van der Waals surface area contributed by atoms with Crippen molar-refractivity contribution in [1.82, 2.24) is 34.0 Å². The highest BCUT2D eigenvalue weighted by atomic mass is 35.5. The number of amides is 2. The fraction of sp³-hybridized carbons (Fsp3) is 0.452. The highest BCUT2D eigenvalue weighted by Crippen LogP contribution is 2.42. The number of benzene rings is 1. The predicted octanol–water partition coefficient (Wildman–Crippen LogP) is 2.85. The smallest absolute Gasteiger partial charge is 0.416 e. The van der Waals surface area contributed by atoms with Gasteiger partial charge in [0.25, 0.3) is 11.5 Å². The van der Waals surface area contributed by atoms with Crippen molar-refractivity contribution in [3.05, 3.63) is 62.5 Å². The maximum Gasteiger partial charge on any atom is 0.416 e. The molecule has 2 amide bonds. The van der Waals surface area contributed by atoms with Crippen molar-refractivity contribution in [2.75, 3.05) is 67.6 Å². The van der Waals surface area contributed by atoms with Crippen LogP contribution in [0.3, 0.4) is 0 Å². The molecule has 1 aromatic carbocycles. The highest BCUT2D eigenvalue weighted by Gasteiger charge is 2.41. The zero-order valence-electron chi connectivity index (χ0n) is 26.9. The molecule has 2 saturated heterocycles. The van der Waals surface area contributed by atoms with Crippen LogP contribution in [0.1, 0.15) is 52.7 Å². The minimum Gasteiger partial charge on any atom is -0.504 e. The number of morpholine rings is 1. The van der Waals surface area contributed by atoms with Crippen LogP contribution < -0.4 is 20.7 Å². The molecule has 2 N–H and O–H groups in total. The summed E-state index contributed by atoms with van der Waals surface area (Å²) in [5.41, 5.74) is -0.373. The van der Waals surface area contributed by atoms with Crippen LogP contribution in [-0.2, 0) is 15.7 Å². The molecular formula is C31H32ClF3N10O5. The van der Waals surface area contributed by atoms with Gasteiger partial charge < -0.3 is 29.9 Å². The van der Waals surface area contributed by atoms with Gasteiger partial charge in [0, 0.05) is 45.2 Å². The van der Waals surface area contributed by atoms with Crippen LogP contribution in [-0.4, -0.2) is 103 Å². The van der Waals surface area contributed by atoms with E-state index in [1.54, 1.807) is 11.5 Å². The summed E-state index contributed by atoms with van der Waals surface area (Å²) >= 11 is 6.18. The SMILES string of the molecule is Cc1ncnc(C(=O)N2CCN(c3c4n(c5nc(N6CCOCC6)nn5c3=O)[C@H](C(=O)Nc3ccc(C(F)(F)F)cc3Cl)C[C@H]4C)CC2)c1O. The van der Waals surface area contributed by atoms with Crippen molar-refractivity contribution in [1.29, 1.82) is 0 Å².